The number of esters is 1. The lowest BCUT2D eigenvalue weighted by atomic mass is 9.67. The molecule has 1 saturated carbocycles. The summed E-state index contributed by atoms with van der Waals surface area (Å²) in [5.74, 6) is -0.395. The zero-order valence-electron chi connectivity index (χ0n) is 14.5. The van der Waals surface area contributed by atoms with E-state index in [-0.39, 0.29) is 37.5 Å². The van der Waals surface area contributed by atoms with Crippen molar-refractivity contribution in [1.29, 1.82) is 0 Å². The third-order valence-electron chi connectivity index (χ3n) is 4.81. The summed E-state index contributed by atoms with van der Waals surface area (Å²) >= 11 is 5.68. The summed E-state index contributed by atoms with van der Waals surface area (Å²) in [5, 5.41) is 3.12. The number of ether oxygens (including phenoxy) is 1. The van der Waals surface area contributed by atoms with Gasteiger partial charge in [0.15, 0.2) is 0 Å². The molecule has 144 valence electrons. The standard InChI is InChI=1S/C17H22N4O2S.2ClH/c1-19-16(24)17(7-3-2-4-13(17)23-15(22)10-18)12-5-6-14-20-8-9-21(14)11-12;;/h5-6,8-9,11,13H,2-4,7,10,18H2,1H3,(H,19,24);2*1H/t13-,17+;;/m1../s1. The van der Waals surface area contributed by atoms with Gasteiger partial charge in [-0.1, -0.05) is 24.7 Å². The average molecular weight is 419 g/mol. The normalized spacial score (nSPS) is 22.0. The van der Waals surface area contributed by atoms with Crippen molar-refractivity contribution in [1.82, 2.24) is 14.7 Å². The minimum Gasteiger partial charge on any atom is -0.460 e. The second-order valence-electron chi connectivity index (χ2n) is 6.09. The lowest BCUT2D eigenvalue weighted by Crippen LogP contribution is -2.54. The van der Waals surface area contributed by atoms with E-state index in [2.05, 4.69) is 10.3 Å². The molecule has 2 heterocycles. The third-order valence-corrected chi connectivity index (χ3v) is 5.38. The predicted molar refractivity (Wildman–Crippen MR) is 110 cm³/mol. The van der Waals surface area contributed by atoms with E-state index in [9.17, 15) is 4.79 Å². The first-order valence-corrected chi connectivity index (χ1v) is 8.57. The van der Waals surface area contributed by atoms with E-state index in [4.69, 9.17) is 22.7 Å². The minimum atomic E-state index is -0.536. The number of thiocarbonyl (C=S) groups is 1. The monoisotopic (exact) mass is 418 g/mol. The SMILES string of the molecule is CNC(=S)[C@]1(c2ccc3nccn3c2)CCCC[C@H]1OC(=O)CN.Cl.Cl. The predicted octanol–water partition coefficient (Wildman–Crippen LogP) is 2.41. The molecule has 3 rings (SSSR count). The van der Waals surface area contributed by atoms with Crippen LogP contribution in [0.25, 0.3) is 5.65 Å². The molecular formula is C17H24Cl2N4O2S. The number of likely N-dealkylation sites (N-methyl/N-ethyl adjacent to an activating group) is 1. The molecule has 0 radical (unpaired) electrons. The van der Waals surface area contributed by atoms with Crippen molar-refractivity contribution < 1.29 is 9.53 Å². The lowest BCUT2D eigenvalue weighted by molar-refractivity contribution is -0.151. The summed E-state index contributed by atoms with van der Waals surface area (Å²) in [5.41, 5.74) is 6.81. The molecule has 0 saturated heterocycles. The van der Waals surface area contributed by atoms with Crippen LogP contribution in [-0.4, -0.2) is 40.0 Å². The van der Waals surface area contributed by atoms with Gasteiger partial charge < -0.3 is 20.2 Å². The number of nitrogens with two attached hydrogens (primary N) is 1. The van der Waals surface area contributed by atoms with Gasteiger partial charge in [-0.25, -0.2) is 4.98 Å². The fourth-order valence-corrected chi connectivity index (χ4v) is 3.99. The molecule has 0 unspecified atom stereocenters. The molecular weight excluding hydrogens is 395 g/mol. The number of hydrogen-bond acceptors (Lipinski definition) is 5. The first kappa shape index (κ1) is 22.6. The molecule has 6 nitrogen and oxygen atoms in total. The van der Waals surface area contributed by atoms with Crippen LogP contribution in [-0.2, 0) is 14.9 Å². The van der Waals surface area contributed by atoms with Crippen molar-refractivity contribution >= 4 is 53.6 Å². The Kier molecular flexibility index (Phi) is 8.27. The van der Waals surface area contributed by atoms with E-state index in [0.717, 1.165) is 36.9 Å². The molecule has 0 spiro atoms. The number of carbonyl (C=O) groups is 1. The molecule has 26 heavy (non-hydrogen) atoms. The van der Waals surface area contributed by atoms with Crippen molar-refractivity contribution in [3.8, 4) is 0 Å². The Morgan fingerprint density at radius 1 is 1.46 bits per heavy atom. The Hall–Kier alpha value is -1.41. The maximum atomic E-state index is 11.9. The van der Waals surface area contributed by atoms with Crippen molar-refractivity contribution in [2.24, 2.45) is 5.73 Å². The highest BCUT2D eigenvalue weighted by Crippen LogP contribution is 2.42. The number of carbonyl (C=O) groups excluding carboxylic acids is 1. The Labute approximate surface area is 170 Å². The molecule has 0 bridgehead atoms. The minimum absolute atomic E-state index is 0. The Balaban J connectivity index is 0.00000169. The smallest absolute Gasteiger partial charge is 0.320 e. The summed E-state index contributed by atoms with van der Waals surface area (Å²) in [4.78, 5) is 16.8. The maximum Gasteiger partial charge on any atom is 0.320 e. The molecule has 3 N–H and O–H groups in total. The zero-order chi connectivity index (χ0) is 17.2. The molecule has 1 fully saturated rings. The molecule has 2 aromatic rings. The van der Waals surface area contributed by atoms with Crippen LogP contribution >= 0.6 is 37.0 Å². The lowest BCUT2D eigenvalue weighted by Gasteiger charge is -2.44. The number of fused-ring (bicyclic) bond motifs is 1. The molecule has 2 aromatic heterocycles. The van der Waals surface area contributed by atoms with Crippen LogP contribution in [0.1, 0.15) is 31.2 Å². The number of halogens is 2. The summed E-state index contributed by atoms with van der Waals surface area (Å²) in [6.07, 6.45) is 9.01. The number of nitrogens with zero attached hydrogens (tertiary/aromatic N) is 2. The second kappa shape index (κ2) is 9.50. The molecule has 0 aliphatic heterocycles. The van der Waals surface area contributed by atoms with Gasteiger partial charge in [0.1, 0.15) is 11.8 Å². The van der Waals surface area contributed by atoms with Gasteiger partial charge >= 0.3 is 5.97 Å². The van der Waals surface area contributed by atoms with Crippen molar-refractivity contribution in [3.63, 3.8) is 0 Å². The third kappa shape index (κ3) is 3.96. The van der Waals surface area contributed by atoms with Gasteiger partial charge in [-0.05, 0) is 30.9 Å². The Morgan fingerprint density at radius 3 is 2.92 bits per heavy atom. The van der Waals surface area contributed by atoms with Crippen LogP contribution in [0.5, 0.6) is 0 Å². The molecule has 1 aliphatic carbocycles. The highest BCUT2D eigenvalue weighted by Gasteiger charge is 2.48. The highest BCUT2D eigenvalue weighted by atomic mass is 35.5. The van der Waals surface area contributed by atoms with Gasteiger partial charge in [0.25, 0.3) is 0 Å². The van der Waals surface area contributed by atoms with Crippen LogP contribution in [0, 0.1) is 0 Å². The number of hydrogen-bond donors (Lipinski definition) is 2. The van der Waals surface area contributed by atoms with Crippen molar-refractivity contribution in [2.75, 3.05) is 13.6 Å². The molecule has 0 aromatic carbocycles. The number of pyridine rings is 1. The average Bonchev–Trinajstić information content (AvgIpc) is 3.09. The van der Waals surface area contributed by atoms with E-state index in [1.165, 1.54) is 0 Å². The second-order valence-corrected chi connectivity index (χ2v) is 6.50. The van der Waals surface area contributed by atoms with E-state index >= 15 is 0 Å². The fourth-order valence-electron chi connectivity index (χ4n) is 3.64. The van der Waals surface area contributed by atoms with Crippen molar-refractivity contribution in [2.45, 2.75) is 37.2 Å². The molecule has 1 aliphatic rings. The number of imidazole rings is 1. The first-order chi connectivity index (χ1) is 11.6. The van der Waals surface area contributed by atoms with Crippen LogP contribution in [0.3, 0.4) is 0 Å². The number of nitrogens with one attached hydrogen (secondary N) is 1. The summed E-state index contributed by atoms with van der Waals surface area (Å²) < 4.78 is 7.68. The van der Waals surface area contributed by atoms with E-state index in [1.54, 1.807) is 6.20 Å². The maximum absolute atomic E-state index is 11.9. The van der Waals surface area contributed by atoms with E-state index in [0.29, 0.717) is 4.99 Å². The van der Waals surface area contributed by atoms with Crippen molar-refractivity contribution in [3.05, 3.63) is 36.3 Å². The molecule has 2 atom stereocenters. The Morgan fingerprint density at radius 2 is 2.23 bits per heavy atom. The van der Waals surface area contributed by atoms with Crippen LogP contribution in [0.2, 0.25) is 0 Å². The largest absolute Gasteiger partial charge is 0.460 e. The first-order valence-electron chi connectivity index (χ1n) is 8.16. The Bertz CT molecular complexity index is 770. The summed E-state index contributed by atoms with van der Waals surface area (Å²) in [7, 11) is 1.82. The van der Waals surface area contributed by atoms with Gasteiger partial charge in [0.05, 0.1) is 16.9 Å². The van der Waals surface area contributed by atoms with Crippen LogP contribution in [0.4, 0.5) is 0 Å². The van der Waals surface area contributed by atoms with Gasteiger partial charge in [0, 0.05) is 25.6 Å². The number of aromatic nitrogens is 2. The molecule has 0 amide bonds. The molecule has 9 heteroatoms. The summed E-state index contributed by atoms with van der Waals surface area (Å²) in [6.45, 7) is -0.126. The van der Waals surface area contributed by atoms with E-state index < -0.39 is 11.4 Å². The van der Waals surface area contributed by atoms with Crippen LogP contribution in [0.15, 0.2) is 30.7 Å². The van der Waals surface area contributed by atoms with Gasteiger partial charge in [-0.3, -0.25) is 4.79 Å². The fraction of sp³-hybridized carbons (Fsp3) is 0.471. The van der Waals surface area contributed by atoms with Gasteiger partial charge in [0.2, 0.25) is 0 Å². The number of rotatable bonds is 4. The summed E-state index contributed by atoms with van der Waals surface area (Å²) in [6, 6.07) is 3.99. The van der Waals surface area contributed by atoms with Gasteiger partial charge in [-0.2, -0.15) is 0 Å². The zero-order valence-corrected chi connectivity index (χ0v) is 17.0. The topological polar surface area (TPSA) is 81.7 Å². The highest BCUT2D eigenvalue weighted by molar-refractivity contribution is 7.80. The van der Waals surface area contributed by atoms with Gasteiger partial charge in [-0.15, -0.1) is 24.8 Å². The van der Waals surface area contributed by atoms with E-state index in [1.807, 2.05) is 36.0 Å². The quantitative estimate of drug-likeness (QED) is 0.585. The van der Waals surface area contributed by atoms with Crippen LogP contribution < -0.4 is 11.1 Å².